The molecule has 0 amide bonds. The first-order valence-corrected chi connectivity index (χ1v) is 7.43. The predicted molar refractivity (Wildman–Crippen MR) is 76.2 cm³/mol. The minimum atomic E-state index is 0.646. The Labute approximate surface area is 116 Å². The number of rotatable bonds is 4. The van der Waals surface area contributed by atoms with Crippen molar-refractivity contribution < 1.29 is 0 Å². The number of aromatic nitrogens is 1. The summed E-state index contributed by atoms with van der Waals surface area (Å²) in [7, 11) is 0. The lowest BCUT2D eigenvalue weighted by Crippen LogP contribution is -2.39. The van der Waals surface area contributed by atoms with Gasteiger partial charge in [-0.3, -0.25) is 4.98 Å². The molecule has 1 N–H and O–H groups in total. The molecule has 3 rings (SSSR count). The highest BCUT2D eigenvalue weighted by Crippen LogP contribution is 2.37. The second-order valence-corrected chi connectivity index (χ2v) is 6.17. The summed E-state index contributed by atoms with van der Waals surface area (Å²) in [6, 6.07) is 8.90. The van der Waals surface area contributed by atoms with Gasteiger partial charge in [0.1, 0.15) is 0 Å². The molecule has 1 heterocycles. The summed E-state index contributed by atoms with van der Waals surface area (Å²) in [5.41, 5.74) is 3.30. The summed E-state index contributed by atoms with van der Waals surface area (Å²) >= 11 is 7.61. The van der Waals surface area contributed by atoms with Crippen molar-refractivity contribution in [3.05, 3.63) is 51.4 Å². The van der Waals surface area contributed by atoms with Crippen molar-refractivity contribution in [2.24, 2.45) is 0 Å². The lowest BCUT2D eigenvalue weighted by Gasteiger charge is -2.36. The zero-order chi connectivity index (χ0) is 12.4. The molecular weight excluding hydrogens is 264 g/mol. The third-order valence-electron chi connectivity index (χ3n) is 3.53. The van der Waals surface area contributed by atoms with E-state index in [-0.39, 0.29) is 0 Å². The van der Waals surface area contributed by atoms with Crippen LogP contribution in [0.25, 0.3) is 0 Å². The Hall–Kier alpha value is -0.900. The predicted octanol–water partition coefficient (Wildman–Crippen LogP) is 3.83. The molecule has 0 radical (unpaired) electrons. The van der Waals surface area contributed by atoms with E-state index in [0.29, 0.717) is 12.0 Å². The zero-order valence-electron chi connectivity index (χ0n) is 9.97. The third kappa shape index (κ3) is 2.74. The van der Waals surface area contributed by atoms with Crippen LogP contribution in [-0.2, 0) is 6.54 Å². The van der Waals surface area contributed by atoms with Gasteiger partial charge in [0.05, 0.1) is 5.51 Å². The Kier molecular flexibility index (Phi) is 3.64. The summed E-state index contributed by atoms with van der Waals surface area (Å²) in [6.45, 7) is 0.947. The van der Waals surface area contributed by atoms with E-state index in [1.54, 1.807) is 11.3 Å². The van der Waals surface area contributed by atoms with E-state index in [1.165, 1.54) is 23.3 Å². The SMILES string of the molecule is Clc1ccc(C2CC(NCc3cncs3)C2)cc1. The van der Waals surface area contributed by atoms with Gasteiger partial charge in [-0.2, -0.15) is 0 Å². The zero-order valence-corrected chi connectivity index (χ0v) is 11.5. The Morgan fingerprint density at radius 3 is 2.72 bits per heavy atom. The average Bonchev–Trinajstić information content (AvgIpc) is 2.82. The molecule has 18 heavy (non-hydrogen) atoms. The summed E-state index contributed by atoms with van der Waals surface area (Å²) in [5.74, 6) is 0.696. The van der Waals surface area contributed by atoms with Crippen LogP contribution in [0.1, 0.15) is 29.2 Å². The Bertz CT molecular complexity index is 489. The Morgan fingerprint density at radius 1 is 1.28 bits per heavy atom. The van der Waals surface area contributed by atoms with Crippen molar-refractivity contribution in [3.63, 3.8) is 0 Å². The van der Waals surface area contributed by atoms with Crippen molar-refractivity contribution in [3.8, 4) is 0 Å². The summed E-state index contributed by atoms with van der Waals surface area (Å²) in [4.78, 5) is 5.39. The standard InChI is InChI=1S/C14H15ClN2S/c15-12-3-1-10(2-4-12)11-5-13(6-11)17-8-14-7-16-9-18-14/h1-4,7,9,11,13,17H,5-6,8H2. The van der Waals surface area contributed by atoms with Crippen LogP contribution in [0.2, 0.25) is 5.02 Å². The molecule has 4 heteroatoms. The molecule has 0 aliphatic heterocycles. The van der Waals surface area contributed by atoms with Gasteiger partial charge in [-0.1, -0.05) is 23.7 Å². The molecule has 2 aromatic rings. The maximum atomic E-state index is 5.90. The van der Waals surface area contributed by atoms with Gasteiger partial charge in [0.15, 0.2) is 0 Å². The van der Waals surface area contributed by atoms with Crippen LogP contribution < -0.4 is 5.32 Å². The monoisotopic (exact) mass is 278 g/mol. The number of hydrogen-bond donors (Lipinski definition) is 1. The lowest BCUT2D eigenvalue weighted by atomic mass is 9.76. The Balaban J connectivity index is 1.47. The molecule has 0 saturated heterocycles. The molecule has 1 aromatic carbocycles. The fraction of sp³-hybridized carbons (Fsp3) is 0.357. The van der Waals surface area contributed by atoms with Crippen LogP contribution in [0.4, 0.5) is 0 Å². The van der Waals surface area contributed by atoms with E-state index in [2.05, 4.69) is 22.4 Å². The lowest BCUT2D eigenvalue weighted by molar-refractivity contribution is 0.290. The molecule has 0 unspecified atom stereocenters. The molecule has 0 bridgehead atoms. The molecule has 2 nitrogen and oxygen atoms in total. The quantitative estimate of drug-likeness (QED) is 0.919. The van der Waals surface area contributed by atoms with Crippen molar-refractivity contribution in [1.82, 2.24) is 10.3 Å². The molecular formula is C14H15ClN2S. The molecule has 1 saturated carbocycles. The van der Waals surface area contributed by atoms with E-state index in [9.17, 15) is 0 Å². The van der Waals surface area contributed by atoms with E-state index in [0.717, 1.165) is 11.6 Å². The van der Waals surface area contributed by atoms with E-state index in [4.69, 9.17) is 11.6 Å². The molecule has 1 aliphatic carbocycles. The first-order valence-electron chi connectivity index (χ1n) is 6.17. The Morgan fingerprint density at radius 2 is 2.06 bits per heavy atom. The van der Waals surface area contributed by atoms with Gasteiger partial charge in [-0.05, 0) is 36.5 Å². The van der Waals surface area contributed by atoms with E-state index in [1.807, 2.05) is 23.8 Å². The van der Waals surface area contributed by atoms with E-state index >= 15 is 0 Å². The molecule has 1 aliphatic rings. The second-order valence-electron chi connectivity index (χ2n) is 4.77. The van der Waals surface area contributed by atoms with Gasteiger partial charge in [0, 0.05) is 28.7 Å². The van der Waals surface area contributed by atoms with Crippen molar-refractivity contribution in [2.75, 3.05) is 0 Å². The largest absolute Gasteiger partial charge is 0.309 e. The van der Waals surface area contributed by atoms with Crippen molar-refractivity contribution >= 4 is 22.9 Å². The van der Waals surface area contributed by atoms with Gasteiger partial charge < -0.3 is 5.32 Å². The topological polar surface area (TPSA) is 24.9 Å². The molecule has 1 fully saturated rings. The molecule has 0 spiro atoms. The van der Waals surface area contributed by atoms with E-state index < -0.39 is 0 Å². The maximum absolute atomic E-state index is 5.90. The smallest absolute Gasteiger partial charge is 0.0794 e. The molecule has 0 atom stereocenters. The second kappa shape index (κ2) is 5.39. The first kappa shape index (κ1) is 12.2. The summed E-state index contributed by atoms with van der Waals surface area (Å²) in [6.07, 6.45) is 4.38. The number of hydrogen-bond acceptors (Lipinski definition) is 3. The summed E-state index contributed by atoms with van der Waals surface area (Å²) < 4.78 is 0. The minimum Gasteiger partial charge on any atom is -0.309 e. The van der Waals surface area contributed by atoms with Gasteiger partial charge >= 0.3 is 0 Å². The van der Waals surface area contributed by atoms with Gasteiger partial charge in [0.25, 0.3) is 0 Å². The highest BCUT2D eigenvalue weighted by atomic mass is 35.5. The number of benzene rings is 1. The molecule has 94 valence electrons. The van der Waals surface area contributed by atoms with Gasteiger partial charge in [-0.15, -0.1) is 11.3 Å². The van der Waals surface area contributed by atoms with Crippen molar-refractivity contribution in [1.29, 1.82) is 0 Å². The van der Waals surface area contributed by atoms with Crippen molar-refractivity contribution in [2.45, 2.75) is 31.3 Å². The number of nitrogens with one attached hydrogen (secondary N) is 1. The average molecular weight is 279 g/mol. The van der Waals surface area contributed by atoms with Gasteiger partial charge in [-0.25, -0.2) is 0 Å². The fourth-order valence-electron chi connectivity index (χ4n) is 2.37. The van der Waals surface area contributed by atoms with Crippen LogP contribution in [0.15, 0.2) is 36.0 Å². The molecule has 1 aromatic heterocycles. The van der Waals surface area contributed by atoms with Crippen LogP contribution in [-0.4, -0.2) is 11.0 Å². The van der Waals surface area contributed by atoms with Gasteiger partial charge in [0.2, 0.25) is 0 Å². The maximum Gasteiger partial charge on any atom is 0.0794 e. The van der Waals surface area contributed by atoms with Crippen LogP contribution in [0.5, 0.6) is 0 Å². The van der Waals surface area contributed by atoms with Crippen LogP contribution in [0.3, 0.4) is 0 Å². The number of nitrogens with zero attached hydrogens (tertiary/aromatic N) is 1. The highest BCUT2D eigenvalue weighted by Gasteiger charge is 2.29. The van der Waals surface area contributed by atoms with Crippen LogP contribution in [0, 0.1) is 0 Å². The highest BCUT2D eigenvalue weighted by molar-refractivity contribution is 7.09. The fourth-order valence-corrected chi connectivity index (χ4v) is 3.04. The number of halogens is 1. The van der Waals surface area contributed by atoms with Crippen LogP contribution >= 0.6 is 22.9 Å². The first-order chi connectivity index (χ1) is 8.81. The third-order valence-corrected chi connectivity index (χ3v) is 4.56. The number of thiazole rings is 1. The summed E-state index contributed by atoms with van der Waals surface area (Å²) in [5, 5.41) is 4.39. The minimum absolute atomic E-state index is 0.646. The normalized spacial score (nSPS) is 22.7.